The van der Waals surface area contributed by atoms with E-state index in [1.807, 2.05) is 18.5 Å². The highest BCUT2D eigenvalue weighted by Gasteiger charge is 2.36. The predicted octanol–water partition coefficient (Wildman–Crippen LogP) is 0.390. The molecule has 0 radical (unpaired) electrons. The number of fused-ring (bicyclic) bond motifs is 3. The van der Waals surface area contributed by atoms with E-state index in [4.69, 9.17) is 5.73 Å². The zero-order valence-corrected chi connectivity index (χ0v) is 10.3. The number of rotatable bonds is 2. The van der Waals surface area contributed by atoms with Crippen molar-refractivity contribution in [1.82, 2.24) is 14.8 Å². The van der Waals surface area contributed by atoms with E-state index in [9.17, 15) is 0 Å². The van der Waals surface area contributed by atoms with Crippen LogP contribution in [0, 0.1) is 6.92 Å². The lowest BCUT2D eigenvalue weighted by atomic mass is 9.93. The van der Waals surface area contributed by atoms with Gasteiger partial charge in [0.15, 0.2) is 0 Å². The molecule has 4 rings (SSSR count). The van der Waals surface area contributed by atoms with Gasteiger partial charge in [-0.2, -0.15) is 0 Å². The molecule has 3 fully saturated rings. The summed E-state index contributed by atoms with van der Waals surface area (Å²) >= 11 is 0. The molecule has 2 unspecified atom stereocenters. The summed E-state index contributed by atoms with van der Waals surface area (Å²) in [6.45, 7) is 7.96. The van der Waals surface area contributed by atoms with E-state index in [0.29, 0.717) is 6.04 Å². The quantitative estimate of drug-likeness (QED) is 0.801. The fraction of sp³-hybridized carbons (Fsp3) is 0.615. The first-order valence-electron chi connectivity index (χ1n) is 6.38. The lowest BCUT2D eigenvalue weighted by molar-refractivity contribution is 0.00203. The maximum absolute atomic E-state index is 6.45. The third-order valence-corrected chi connectivity index (χ3v) is 4.17. The number of pyridine rings is 1. The summed E-state index contributed by atoms with van der Waals surface area (Å²) in [7, 11) is 0. The van der Waals surface area contributed by atoms with E-state index in [1.54, 1.807) is 0 Å². The molecule has 0 spiro atoms. The topological polar surface area (TPSA) is 45.4 Å². The SMILES string of the molecule is Cc1ccncc1C(N)C1CN2CCN1CC2. The van der Waals surface area contributed by atoms with Gasteiger partial charge in [-0.25, -0.2) is 0 Å². The molecule has 3 aliphatic rings. The minimum absolute atomic E-state index is 0.0896. The van der Waals surface area contributed by atoms with Crippen LogP contribution in [0.15, 0.2) is 18.5 Å². The van der Waals surface area contributed by atoms with Crippen molar-refractivity contribution in [2.75, 3.05) is 32.7 Å². The number of aryl methyl sites for hydroxylation is 1. The second-order valence-electron chi connectivity index (χ2n) is 5.16. The minimum Gasteiger partial charge on any atom is -0.323 e. The third kappa shape index (κ3) is 1.97. The molecule has 1 aromatic rings. The normalized spacial score (nSPS) is 33.6. The predicted molar refractivity (Wildman–Crippen MR) is 67.7 cm³/mol. The lowest BCUT2D eigenvalue weighted by Gasteiger charge is -2.49. The minimum atomic E-state index is 0.0896. The molecule has 2 atom stereocenters. The number of hydrogen-bond donors (Lipinski definition) is 1. The molecule has 0 aliphatic carbocycles. The summed E-state index contributed by atoms with van der Waals surface area (Å²) in [5, 5.41) is 0. The number of piperazine rings is 3. The van der Waals surface area contributed by atoms with Crippen molar-refractivity contribution in [2.24, 2.45) is 5.73 Å². The van der Waals surface area contributed by atoms with Crippen LogP contribution in [-0.2, 0) is 0 Å². The molecule has 0 saturated carbocycles. The standard InChI is InChI=1S/C13H20N4/c1-10-2-3-15-8-11(10)13(14)12-9-16-4-6-17(12)7-5-16/h2-3,8,12-13H,4-7,9,14H2,1H3. The zero-order chi connectivity index (χ0) is 11.8. The molecular formula is C13H20N4. The highest BCUT2D eigenvalue weighted by atomic mass is 15.3. The summed E-state index contributed by atoms with van der Waals surface area (Å²) in [4.78, 5) is 9.27. The summed E-state index contributed by atoms with van der Waals surface area (Å²) in [6, 6.07) is 2.60. The van der Waals surface area contributed by atoms with Gasteiger partial charge in [0.25, 0.3) is 0 Å². The average molecular weight is 232 g/mol. The van der Waals surface area contributed by atoms with Gasteiger partial charge in [0.1, 0.15) is 0 Å². The Morgan fingerprint density at radius 2 is 2.12 bits per heavy atom. The van der Waals surface area contributed by atoms with E-state index >= 15 is 0 Å². The van der Waals surface area contributed by atoms with Gasteiger partial charge in [-0.05, 0) is 24.1 Å². The Kier molecular flexibility index (Phi) is 2.86. The van der Waals surface area contributed by atoms with Crippen LogP contribution in [0.1, 0.15) is 17.2 Å². The molecule has 1 aromatic heterocycles. The molecule has 92 valence electrons. The van der Waals surface area contributed by atoms with E-state index < -0.39 is 0 Å². The molecule has 3 saturated heterocycles. The van der Waals surface area contributed by atoms with Crippen LogP contribution in [0.3, 0.4) is 0 Å². The van der Waals surface area contributed by atoms with Crippen LogP contribution in [0.4, 0.5) is 0 Å². The Balaban J connectivity index is 1.83. The van der Waals surface area contributed by atoms with Gasteiger partial charge >= 0.3 is 0 Å². The number of nitrogens with zero attached hydrogens (tertiary/aromatic N) is 3. The van der Waals surface area contributed by atoms with Gasteiger partial charge in [-0.15, -0.1) is 0 Å². The van der Waals surface area contributed by atoms with E-state index in [1.165, 1.54) is 24.2 Å². The number of hydrogen-bond acceptors (Lipinski definition) is 4. The molecule has 4 heteroatoms. The van der Waals surface area contributed by atoms with Crippen LogP contribution in [0.2, 0.25) is 0 Å². The van der Waals surface area contributed by atoms with Crippen molar-refractivity contribution in [2.45, 2.75) is 19.0 Å². The average Bonchev–Trinajstić information content (AvgIpc) is 2.40. The van der Waals surface area contributed by atoms with Gasteiger partial charge in [-0.1, -0.05) is 0 Å². The molecular weight excluding hydrogens is 212 g/mol. The fourth-order valence-electron chi connectivity index (χ4n) is 3.03. The first-order chi connectivity index (χ1) is 8.25. The molecule has 3 aliphatic heterocycles. The van der Waals surface area contributed by atoms with Crippen LogP contribution in [0.5, 0.6) is 0 Å². The maximum atomic E-state index is 6.45. The number of aromatic nitrogens is 1. The Morgan fingerprint density at radius 3 is 2.71 bits per heavy atom. The summed E-state index contributed by atoms with van der Waals surface area (Å²) < 4.78 is 0. The van der Waals surface area contributed by atoms with Gasteiger partial charge in [0, 0.05) is 57.2 Å². The van der Waals surface area contributed by atoms with Gasteiger partial charge < -0.3 is 5.73 Å². The van der Waals surface area contributed by atoms with E-state index in [-0.39, 0.29) is 6.04 Å². The summed E-state index contributed by atoms with van der Waals surface area (Å²) in [6.07, 6.45) is 3.76. The van der Waals surface area contributed by atoms with Crippen molar-refractivity contribution in [1.29, 1.82) is 0 Å². The zero-order valence-electron chi connectivity index (χ0n) is 10.3. The lowest BCUT2D eigenvalue weighted by Crippen LogP contribution is -2.63. The van der Waals surface area contributed by atoms with E-state index in [0.717, 1.165) is 19.6 Å². The second kappa shape index (κ2) is 4.37. The Hall–Kier alpha value is -0.970. The van der Waals surface area contributed by atoms with Crippen molar-refractivity contribution in [3.63, 3.8) is 0 Å². The number of nitrogens with two attached hydrogens (primary N) is 1. The van der Waals surface area contributed by atoms with E-state index in [2.05, 4.69) is 21.7 Å². The highest BCUT2D eigenvalue weighted by Crippen LogP contribution is 2.26. The molecule has 0 amide bonds. The molecule has 4 heterocycles. The van der Waals surface area contributed by atoms with Crippen LogP contribution >= 0.6 is 0 Å². The van der Waals surface area contributed by atoms with Crippen LogP contribution in [-0.4, -0.2) is 53.5 Å². The monoisotopic (exact) mass is 232 g/mol. The van der Waals surface area contributed by atoms with Crippen molar-refractivity contribution in [3.8, 4) is 0 Å². The first-order valence-corrected chi connectivity index (χ1v) is 6.38. The third-order valence-electron chi connectivity index (χ3n) is 4.17. The fourth-order valence-corrected chi connectivity index (χ4v) is 3.03. The first kappa shape index (κ1) is 11.1. The summed E-state index contributed by atoms with van der Waals surface area (Å²) in [5.41, 5.74) is 8.90. The molecule has 0 aromatic carbocycles. The maximum Gasteiger partial charge on any atom is 0.0483 e. The largest absolute Gasteiger partial charge is 0.323 e. The Bertz CT molecular complexity index is 398. The van der Waals surface area contributed by atoms with Crippen molar-refractivity contribution >= 4 is 0 Å². The van der Waals surface area contributed by atoms with Gasteiger partial charge in [-0.3, -0.25) is 14.8 Å². The molecule has 17 heavy (non-hydrogen) atoms. The summed E-state index contributed by atoms with van der Waals surface area (Å²) in [5.74, 6) is 0. The smallest absolute Gasteiger partial charge is 0.0483 e. The Morgan fingerprint density at radius 1 is 1.35 bits per heavy atom. The van der Waals surface area contributed by atoms with Crippen LogP contribution in [0.25, 0.3) is 0 Å². The van der Waals surface area contributed by atoms with Crippen molar-refractivity contribution in [3.05, 3.63) is 29.6 Å². The van der Waals surface area contributed by atoms with Gasteiger partial charge in [0.2, 0.25) is 0 Å². The Labute approximate surface area is 102 Å². The molecule has 4 nitrogen and oxygen atoms in total. The van der Waals surface area contributed by atoms with Crippen LogP contribution < -0.4 is 5.73 Å². The van der Waals surface area contributed by atoms with Crippen molar-refractivity contribution < 1.29 is 0 Å². The molecule has 2 bridgehead atoms. The second-order valence-corrected chi connectivity index (χ2v) is 5.16. The molecule has 2 N–H and O–H groups in total. The van der Waals surface area contributed by atoms with Gasteiger partial charge in [0.05, 0.1) is 0 Å². The highest BCUT2D eigenvalue weighted by molar-refractivity contribution is 5.26.